The first-order valence-corrected chi connectivity index (χ1v) is 8.89. The Kier molecular flexibility index (Phi) is 3.87. The molecule has 1 heterocycles. The standard InChI is InChI=1S/C22H23NO2/c1-13-9-10-17-15(3)22(24)23-21-14(2)11-18(19(13)20(17)21)25-12-16-7-5-4-6-8-16/h4-11,13,15,17H,12H2,1-3H3,(H,23,24)/t13-,15-,17-/m1/s1. The monoisotopic (exact) mass is 333 g/mol. The Bertz CT molecular complexity index is 854. The number of hydrogen-bond donors (Lipinski definition) is 1. The average Bonchev–Trinajstić information content (AvgIpc) is 2.62. The lowest BCUT2D eigenvalue weighted by atomic mass is 9.73. The lowest BCUT2D eigenvalue weighted by Gasteiger charge is -2.37. The molecule has 0 fully saturated rings. The summed E-state index contributed by atoms with van der Waals surface area (Å²) in [5.41, 5.74) is 5.66. The van der Waals surface area contributed by atoms with Gasteiger partial charge in [0.25, 0.3) is 0 Å². The Morgan fingerprint density at radius 1 is 1.08 bits per heavy atom. The summed E-state index contributed by atoms with van der Waals surface area (Å²) in [6, 6.07) is 12.3. The summed E-state index contributed by atoms with van der Waals surface area (Å²) in [5.74, 6) is 1.39. The van der Waals surface area contributed by atoms with Crippen LogP contribution >= 0.6 is 0 Å². The second kappa shape index (κ2) is 6.07. The van der Waals surface area contributed by atoms with Crippen molar-refractivity contribution in [2.24, 2.45) is 5.92 Å². The van der Waals surface area contributed by atoms with Crippen molar-refractivity contribution in [1.82, 2.24) is 0 Å². The SMILES string of the molecule is Cc1cc(OCc2ccccc2)c2c3c1NC(=O)[C@H](C)[C@H]3C=C[C@H]2C. The van der Waals surface area contributed by atoms with Crippen molar-refractivity contribution in [3.8, 4) is 5.75 Å². The number of benzene rings is 2. The summed E-state index contributed by atoms with van der Waals surface area (Å²) in [4.78, 5) is 12.3. The topological polar surface area (TPSA) is 38.3 Å². The first kappa shape index (κ1) is 15.9. The van der Waals surface area contributed by atoms with Gasteiger partial charge in [0, 0.05) is 29.0 Å². The highest BCUT2D eigenvalue weighted by atomic mass is 16.5. The van der Waals surface area contributed by atoms with Crippen LogP contribution in [0.15, 0.2) is 48.6 Å². The Morgan fingerprint density at radius 3 is 2.60 bits per heavy atom. The van der Waals surface area contributed by atoms with Crippen molar-refractivity contribution in [3.05, 3.63) is 70.8 Å². The van der Waals surface area contributed by atoms with Crippen LogP contribution in [0.3, 0.4) is 0 Å². The molecule has 2 aromatic rings. The second-order valence-electron chi connectivity index (χ2n) is 7.15. The molecule has 1 aliphatic heterocycles. The van der Waals surface area contributed by atoms with Crippen molar-refractivity contribution >= 4 is 11.6 Å². The Hall–Kier alpha value is -2.55. The highest BCUT2D eigenvalue weighted by molar-refractivity contribution is 5.98. The number of amides is 1. The predicted octanol–water partition coefficient (Wildman–Crippen LogP) is 4.92. The first-order chi connectivity index (χ1) is 12.1. The average molecular weight is 333 g/mol. The second-order valence-corrected chi connectivity index (χ2v) is 7.15. The third kappa shape index (κ3) is 2.64. The van der Waals surface area contributed by atoms with Crippen molar-refractivity contribution < 1.29 is 9.53 Å². The summed E-state index contributed by atoms with van der Waals surface area (Å²) in [5, 5.41) is 3.11. The molecule has 0 radical (unpaired) electrons. The van der Waals surface area contributed by atoms with Crippen LogP contribution in [0.5, 0.6) is 5.75 Å². The minimum Gasteiger partial charge on any atom is -0.489 e. The molecule has 1 amide bonds. The fourth-order valence-corrected chi connectivity index (χ4v) is 3.96. The van der Waals surface area contributed by atoms with Crippen molar-refractivity contribution in [2.75, 3.05) is 5.32 Å². The van der Waals surface area contributed by atoms with Gasteiger partial charge in [-0.25, -0.2) is 0 Å². The Balaban J connectivity index is 1.78. The van der Waals surface area contributed by atoms with Gasteiger partial charge in [-0.1, -0.05) is 56.3 Å². The molecule has 0 bridgehead atoms. The van der Waals surface area contributed by atoms with Gasteiger partial charge < -0.3 is 10.1 Å². The van der Waals surface area contributed by atoms with Crippen LogP contribution in [0.1, 0.15) is 47.9 Å². The predicted molar refractivity (Wildman–Crippen MR) is 100 cm³/mol. The zero-order valence-electron chi connectivity index (χ0n) is 14.9. The number of allylic oxidation sites excluding steroid dienone is 2. The Morgan fingerprint density at radius 2 is 1.84 bits per heavy atom. The molecule has 2 aromatic carbocycles. The van der Waals surface area contributed by atoms with Gasteiger partial charge >= 0.3 is 0 Å². The van der Waals surface area contributed by atoms with Crippen LogP contribution in [0.2, 0.25) is 0 Å². The summed E-state index contributed by atoms with van der Waals surface area (Å²) < 4.78 is 6.23. The van der Waals surface area contributed by atoms with Crippen LogP contribution in [-0.2, 0) is 11.4 Å². The van der Waals surface area contributed by atoms with E-state index >= 15 is 0 Å². The maximum absolute atomic E-state index is 12.3. The number of nitrogens with one attached hydrogen (secondary N) is 1. The maximum Gasteiger partial charge on any atom is 0.228 e. The molecule has 4 rings (SSSR count). The number of hydrogen-bond acceptors (Lipinski definition) is 2. The fraction of sp³-hybridized carbons (Fsp3) is 0.318. The smallest absolute Gasteiger partial charge is 0.228 e. The van der Waals surface area contributed by atoms with Gasteiger partial charge in [-0.2, -0.15) is 0 Å². The molecule has 0 saturated heterocycles. The molecule has 3 heteroatoms. The zero-order chi connectivity index (χ0) is 17.6. The van der Waals surface area contributed by atoms with E-state index < -0.39 is 0 Å². The van der Waals surface area contributed by atoms with E-state index in [9.17, 15) is 4.79 Å². The Labute approximate surface area is 148 Å². The lowest BCUT2D eigenvalue weighted by molar-refractivity contribution is -0.120. The summed E-state index contributed by atoms with van der Waals surface area (Å²) in [7, 11) is 0. The van der Waals surface area contributed by atoms with E-state index in [0.717, 1.165) is 22.6 Å². The molecule has 0 unspecified atom stereocenters. The molecule has 0 saturated carbocycles. The van der Waals surface area contributed by atoms with Gasteiger partial charge in [0.05, 0.1) is 0 Å². The van der Waals surface area contributed by atoms with Gasteiger partial charge in [0.1, 0.15) is 12.4 Å². The quantitative estimate of drug-likeness (QED) is 0.810. The summed E-state index contributed by atoms with van der Waals surface area (Å²) in [6.45, 7) is 6.78. The first-order valence-electron chi connectivity index (χ1n) is 8.89. The third-order valence-electron chi connectivity index (χ3n) is 5.40. The number of rotatable bonds is 3. The minimum atomic E-state index is -0.0567. The number of ether oxygens (including phenoxy) is 1. The molecule has 0 spiro atoms. The van der Waals surface area contributed by atoms with E-state index in [0.29, 0.717) is 6.61 Å². The molecular formula is C22H23NO2. The molecule has 3 atom stereocenters. The zero-order valence-corrected chi connectivity index (χ0v) is 14.9. The number of aryl methyl sites for hydroxylation is 1. The highest BCUT2D eigenvalue weighted by Gasteiger charge is 2.37. The van der Waals surface area contributed by atoms with Crippen molar-refractivity contribution in [2.45, 2.75) is 39.2 Å². The molecule has 1 aliphatic carbocycles. The minimum absolute atomic E-state index is 0.0567. The fourth-order valence-electron chi connectivity index (χ4n) is 3.96. The molecule has 128 valence electrons. The number of carbonyl (C=O) groups excluding carboxylic acids is 1. The molecule has 3 nitrogen and oxygen atoms in total. The van der Waals surface area contributed by atoms with Gasteiger partial charge in [0.15, 0.2) is 0 Å². The third-order valence-corrected chi connectivity index (χ3v) is 5.40. The molecule has 25 heavy (non-hydrogen) atoms. The van der Waals surface area contributed by atoms with Crippen molar-refractivity contribution in [3.63, 3.8) is 0 Å². The van der Waals surface area contributed by atoms with E-state index in [-0.39, 0.29) is 23.7 Å². The largest absolute Gasteiger partial charge is 0.489 e. The van der Waals surface area contributed by atoms with E-state index in [4.69, 9.17) is 4.74 Å². The number of anilines is 1. The van der Waals surface area contributed by atoms with E-state index in [1.54, 1.807) is 0 Å². The molecular weight excluding hydrogens is 310 g/mol. The van der Waals surface area contributed by atoms with Gasteiger partial charge in [-0.3, -0.25) is 4.79 Å². The number of carbonyl (C=O) groups is 1. The molecule has 2 aliphatic rings. The molecule has 1 N–H and O–H groups in total. The van der Waals surface area contributed by atoms with Gasteiger partial charge in [-0.15, -0.1) is 0 Å². The summed E-state index contributed by atoms with van der Waals surface area (Å²) in [6.07, 6.45) is 4.40. The van der Waals surface area contributed by atoms with Crippen LogP contribution < -0.4 is 10.1 Å². The molecule has 0 aromatic heterocycles. The van der Waals surface area contributed by atoms with Crippen LogP contribution in [0.4, 0.5) is 5.69 Å². The van der Waals surface area contributed by atoms with Gasteiger partial charge in [0.2, 0.25) is 5.91 Å². The van der Waals surface area contributed by atoms with Gasteiger partial charge in [-0.05, 0) is 29.7 Å². The van der Waals surface area contributed by atoms with E-state index in [1.807, 2.05) is 32.0 Å². The summed E-state index contributed by atoms with van der Waals surface area (Å²) >= 11 is 0. The highest BCUT2D eigenvalue weighted by Crippen LogP contribution is 2.49. The van der Waals surface area contributed by atoms with Crippen LogP contribution in [0.25, 0.3) is 0 Å². The van der Waals surface area contributed by atoms with Crippen molar-refractivity contribution in [1.29, 1.82) is 0 Å². The van der Waals surface area contributed by atoms with E-state index in [1.165, 1.54) is 11.1 Å². The van der Waals surface area contributed by atoms with E-state index in [2.05, 4.69) is 42.6 Å². The lowest BCUT2D eigenvalue weighted by Crippen LogP contribution is -2.33. The maximum atomic E-state index is 12.3. The van der Waals surface area contributed by atoms with Crippen LogP contribution in [-0.4, -0.2) is 5.91 Å². The van der Waals surface area contributed by atoms with Crippen LogP contribution in [0, 0.1) is 12.8 Å². The normalized spacial score (nSPS) is 23.8.